The molecule has 0 bridgehead atoms. The zero-order valence-electron chi connectivity index (χ0n) is 12.2. The summed E-state index contributed by atoms with van der Waals surface area (Å²) in [6, 6.07) is 6.89. The van der Waals surface area contributed by atoms with E-state index < -0.39 is 0 Å². The summed E-state index contributed by atoms with van der Waals surface area (Å²) in [6.45, 7) is 8.21. The van der Waals surface area contributed by atoms with Gasteiger partial charge in [-0.1, -0.05) is 48.6 Å². The van der Waals surface area contributed by atoms with Gasteiger partial charge in [-0.15, -0.1) is 0 Å². The molecule has 1 atom stereocenters. The average Bonchev–Trinajstić information content (AvgIpc) is 2.43. The Labute approximate surface area is 116 Å². The van der Waals surface area contributed by atoms with E-state index >= 15 is 0 Å². The molecule has 1 heteroatoms. The van der Waals surface area contributed by atoms with Crippen LogP contribution in [0.25, 0.3) is 6.08 Å². The molecule has 0 radical (unpaired) electrons. The number of allylic oxidation sites excluding steroid dienone is 3. The second kappa shape index (κ2) is 6.03. The van der Waals surface area contributed by atoms with Crippen molar-refractivity contribution in [2.75, 3.05) is 7.05 Å². The lowest BCUT2D eigenvalue weighted by Crippen LogP contribution is -2.20. The van der Waals surface area contributed by atoms with Gasteiger partial charge in [-0.05, 0) is 56.0 Å². The van der Waals surface area contributed by atoms with Crippen LogP contribution in [-0.2, 0) is 0 Å². The lowest BCUT2D eigenvalue weighted by molar-refractivity contribution is 0.637. The molecular weight excluding hydrogens is 230 g/mol. The average molecular weight is 253 g/mol. The Hall–Kier alpha value is -1.60. The summed E-state index contributed by atoms with van der Waals surface area (Å²) < 4.78 is 0. The van der Waals surface area contributed by atoms with Crippen molar-refractivity contribution in [2.24, 2.45) is 0 Å². The fourth-order valence-electron chi connectivity index (χ4n) is 2.69. The third kappa shape index (κ3) is 3.05. The van der Waals surface area contributed by atoms with Crippen LogP contribution in [0.2, 0.25) is 0 Å². The Kier molecular flexibility index (Phi) is 4.39. The summed E-state index contributed by atoms with van der Waals surface area (Å²) in [4.78, 5) is 0. The topological polar surface area (TPSA) is 12.0 Å². The summed E-state index contributed by atoms with van der Waals surface area (Å²) in [6.07, 6.45) is 8.75. The monoisotopic (exact) mass is 253 g/mol. The molecule has 1 N–H and O–H groups in total. The Morgan fingerprint density at radius 3 is 2.53 bits per heavy atom. The van der Waals surface area contributed by atoms with Gasteiger partial charge in [0.05, 0.1) is 6.04 Å². The standard InChI is InChI=1S/C18H23N/c1-5-15-8-11-17(14(3)12-15)18(19-4)16-9-6-13(2)7-10-16/h5-6,8-9,11-12,18-19H,1,7,10H2,2-4H3. The Morgan fingerprint density at radius 2 is 2.00 bits per heavy atom. The van der Waals surface area contributed by atoms with Crippen molar-refractivity contribution in [2.45, 2.75) is 32.7 Å². The summed E-state index contributed by atoms with van der Waals surface area (Å²) in [5.41, 5.74) is 6.82. The molecular formula is C18H23N. The Morgan fingerprint density at radius 1 is 1.21 bits per heavy atom. The number of rotatable bonds is 4. The summed E-state index contributed by atoms with van der Waals surface area (Å²) >= 11 is 0. The molecule has 0 spiro atoms. The van der Waals surface area contributed by atoms with Gasteiger partial charge in [-0.2, -0.15) is 0 Å². The van der Waals surface area contributed by atoms with Crippen molar-refractivity contribution in [3.05, 3.63) is 64.8 Å². The van der Waals surface area contributed by atoms with E-state index in [4.69, 9.17) is 0 Å². The van der Waals surface area contributed by atoms with E-state index in [1.807, 2.05) is 13.1 Å². The van der Waals surface area contributed by atoms with Crippen LogP contribution in [0.1, 0.15) is 42.5 Å². The number of hydrogen-bond acceptors (Lipinski definition) is 1. The van der Waals surface area contributed by atoms with Crippen LogP contribution in [0, 0.1) is 6.92 Å². The van der Waals surface area contributed by atoms with Gasteiger partial charge < -0.3 is 5.32 Å². The molecule has 1 unspecified atom stereocenters. The SMILES string of the molecule is C=Cc1ccc(C(NC)C2=CC=C(C)CC2)c(C)c1. The van der Waals surface area contributed by atoms with E-state index in [2.05, 4.69) is 56.1 Å². The van der Waals surface area contributed by atoms with Crippen LogP contribution >= 0.6 is 0 Å². The zero-order valence-corrected chi connectivity index (χ0v) is 12.2. The zero-order chi connectivity index (χ0) is 13.8. The number of nitrogens with one attached hydrogen (secondary N) is 1. The van der Waals surface area contributed by atoms with E-state index in [1.54, 1.807) is 0 Å². The van der Waals surface area contributed by atoms with E-state index in [9.17, 15) is 0 Å². The van der Waals surface area contributed by atoms with E-state index in [1.165, 1.54) is 34.3 Å². The van der Waals surface area contributed by atoms with Crippen molar-refractivity contribution in [1.29, 1.82) is 0 Å². The molecule has 1 aromatic rings. The largest absolute Gasteiger partial charge is 0.310 e. The van der Waals surface area contributed by atoms with Gasteiger partial charge in [-0.3, -0.25) is 0 Å². The van der Waals surface area contributed by atoms with Crippen LogP contribution in [0.3, 0.4) is 0 Å². The first-order chi connectivity index (χ1) is 9.15. The molecule has 0 amide bonds. The van der Waals surface area contributed by atoms with Crippen LogP contribution in [0.5, 0.6) is 0 Å². The third-order valence-corrected chi connectivity index (χ3v) is 3.89. The van der Waals surface area contributed by atoms with Gasteiger partial charge in [0.1, 0.15) is 0 Å². The molecule has 0 saturated carbocycles. The number of likely N-dealkylation sites (N-methyl/N-ethyl adjacent to an activating group) is 1. The van der Waals surface area contributed by atoms with Gasteiger partial charge in [-0.25, -0.2) is 0 Å². The maximum Gasteiger partial charge on any atom is 0.0539 e. The lowest BCUT2D eigenvalue weighted by atomic mass is 9.88. The van der Waals surface area contributed by atoms with Gasteiger partial charge in [0.15, 0.2) is 0 Å². The smallest absolute Gasteiger partial charge is 0.0539 e. The molecule has 1 aliphatic rings. The van der Waals surface area contributed by atoms with Crippen molar-refractivity contribution in [1.82, 2.24) is 5.32 Å². The van der Waals surface area contributed by atoms with Crippen LogP contribution < -0.4 is 5.32 Å². The van der Waals surface area contributed by atoms with Crippen molar-refractivity contribution < 1.29 is 0 Å². The molecule has 1 aliphatic carbocycles. The van der Waals surface area contributed by atoms with E-state index in [0.29, 0.717) is 6.04 Å². The molecule has 0 fully saturated rings. The lowest BCUT2D eigenvalue weighted by Gasteiger charge is -2.24. The van der Waals surface area contributed by atoms with Crippen LogP contribution in [-0.4, -0.2) is 7.05 Å². The highest BCUT2D eigenvalue weighted by molar-refractivity contribution is 5.51. The molecule has 19 heavy (non-hydrogen) atoms. The summed E-state index contributed by atoms with van der Waals surface area (Å²) in [7, 11) is 2.04. The predicted molar refractivity (Wildman–Crippen MR) is 84.1 cm³/mol. The fraction of sp³-hybridized carbons (Fsp3) is 0.333. The molecule has 0 saturated heterocycles. The summed E-state index contributed by atoms with van der Waals surface area (Å²) in [5.74, 6) is 0. The first-order valence-corrected chi connectivity index (χ1v) is 6.92. The molecule has 100 valence electrons. The molecule has 1 nitrogen and oxygen atoms in total. The third-order valence-electron chi connectivity index (χ3n) is 3.89. The van der Waals surface area contributed by atoms with Gasteiger partial charge in [0.2, 0.25) is 0 Å². The minimum atomic E-state index is 0.322. The highest BCUT2D eigenvalue weighted by atomic mass is 14.9. The van der Waals surface area contributed by atoms with E-state index in [0.717, 1.165) is 6.42 Å². The molecule has 0 heterocycles. The Bertz CT molecular complexity index is 535. The fourth-order valence-corrected chi connectivity index (χ4v) is 2.69. The number of benzene rings is 1. The quantitative estimate of drug-likeness (QED) is 0.829. The maximum atomic E-state index is 3.83. The molecule has 1 aromatic carbocycles. The van der Waals surface area contributed by atoms with Gasteiger partial charge >= 0.3 is 0 Å². The second-order valence-corrected chi connectivity index (χ2v) is 5.30. The first kappa shape index (κ1) is 13.8. The second-order valence-electron chi connectivity index (χ2n) is 5.30. The molecule has 0 aromatic heterocycles. The minimum Gasteiger partial charge on any atom is -0.310 e. The highest BCUT2D eigenvalue weighted by Gasteiger charge is 2.17. The maximum absolute atomic E-state index is 3.83. The van der Waals surface area contributed by atoms with Crippen LogP contribution in [0.15, 0.2) is 48.1 Å². The van der Waals surface area contributed by atoms with Crippen molar-refractivity contribution in [3.63, 3.8) is 0 Å². The van der Waals surface area contributed by atoms with Crippen LogP contribution in [0.4, 0.5) is 0 Å². The van der Waals surface area contributed by atoms with Crippen molar-refractivity contribution in [3.8, 4) is 0 Å². The van der Waals surface area contributed by atoms with Gasteiger partial charge in [0, 0.05) is 0 Å². The predicted octanol–water partition coefficient (Wildman–Crippen LogP) is 4.57. The van der Waals surface area contributed by atoms with E-state index in [-0.39, 0.29) is 0 Å². The molecule has 2 rings (SSSR count). The van der Waals surface area contributed by atoms with Crippen molar-refractivity contribution >= 4 is 6.08 Å². The van der Waals surface area contributed by atoms with Gasteiger partial charge in [0.25, 0.3) is 0 Å². The first-order valence-electron chi connectivity index (χ1n) is 6.92. The Balaban J connectivity index is 2.35. The summed E-state index contributed by atoms with van der Waals surface area (Å²) in [5, 5.41) is 3.46. The molecule has 0 aliphatic heterocycles. The highest BCUT2D eigenvalue weighted by Crippen LogP contribution is 2.31. The number of hydrogen-bond donors (Lipinski definition) is 1. The normalized spacial score (nSPS) is 16.6. The number of aryl methyl sites for hydroxylation is 1. The minimum absolute atomic E-state index is 0.322.